The third kappa shape index (κ3) is 5.57. The Labute approximate surface area is 195 Å². The van der Waals surface area contributed by atoms with Crippen LogP contribution in [0.4, 0.5) is 36.8 Å². The van der Waals surface area contributed by atoms with Crippen LogP contribution < -0.4 is 4.90 Å². The summed E-state index contributed by atoms with van der Waals surface area (Å²) in [5.41, 5.74) is -2.74. The Morgan fingerprint density at radius 1 is 1.06 bits per heavy atom. The summed E-state index contributed by atoms with van der Waals surface area (Å²) in [5.74, 6) is -0.597. The van der Waals surface area contributed by atoms with Crippen LogP contribution in [-0.4, -0.2) is 28.6 Å². The van der Waals surface area contributed by atoms with Crippen LogP contribution in [0.1, 0.15) is 48.1 Å². The van der Waals surface area contributed by atoms with E-state index in [1.165, 1.54) is 18.2 Å². The fourth-order valence-corrected chi connectivity index (χ4v) is 4.19. The largest absolute Gasteiger partial charge is 0.465 e. The van der Waals surface area contributed by atoms with Crippen molar-refractivity contribution < 1.29 is 41.0 Å². The van der Waals surface area contributed by atoms with E-state index in [4.69, 9.17) is 11.6 Å². The first-order valence-electron chi connectivity index (χ1n) is 10.0. The van der Waals surface area contributed by atoms with Crippen molar-refractivity contribution >= 4 is 29.3 Å². The smallest absolute Gasteiger partial charge is 0.416 e. The number of carbonyl (C=O) groups is 2. The van der Waals surface area contributed by atoms with Gasteiger partial charge in [-0.2, -0.15) is 26.3 Å². The number of amides is 2. The molecule has 2 aromatic rings. The number of anilines is 1. The number of benzene rings is 2. The summed E-state index contributed by atoms with van der Waals surface area (Å²) in [6.07, 6.45) is -10.8. The zero-order chi connectivity index (χ0) is 25.4. The molecule has 1 heterocycles. The van der Waals surface area contributed by atoms with E-state index in [-0.39, 0.29) is 35.3 Å². The van der Waals surface area contributed by atoms with Gasteiger partial charge >= 0.3 is 18.4 Å². The Morgan fingerprint density at radius 2 is 1.65 bits per heavy atom. The molecule has 184 valence electrons. The lowest BCUT2D eigenvalue weighted by atomic mass is 9.98. The van der Waals surface area contributed by atoms with Crippen LogP contribution in [0.2, 0.25) is 5.02 Å². The van der Waals surface area contributed by atoms with Gasteiger partial charge in [0.05, 0.1) is 22.9 Å². The maximum atomic E-state index is 13.3. The zero-order valence-corrected chi connectivity index (χ0v) is 18.4. The number of alkyl halides is 6. The Hall–Kier alpha value is -2.95. The van der Waals surface area contributed by atoms with Crippen molar-refractivity contribution in [3.63, 3.8) is 0 Å². The van der Waals surface area contributed by atoms with Gasteiger partial charge in [-0.15, -0.1) is 0 Å². The third-order valence-corrected chi connectivity index (χ3v) is 5.75. The summed E-state index contributed by atoms with van der Waals surface area (Å²) < 4.78 is 79.6. The molecule has 5 nitrogen and oxygen atoms in total. The molecule has 0 saturated heterocycles. The van der Waals surface area contributed by atoms with Crippen molar-refractivity contribution in [2.75, 3.05) is 11.4 Å². The monoisotopic (exact) mass is 508 g/mol. The van der Waals surface area contributed by atoms with Crippen molar-refractivity contribution in [3.05, 3.63) is 63.7 Å². The number of hydrogen-bond acceptors (Lipinski definition) is 2. The van der Waals surface area contributed by atoms with E-state index in [0.717, 1.165) is 16.7 Å². The van der Waals surface area contributed by atoms with Gasteiger partial charge in [-0.25, -0.2) is 4.79 Å². The molecule has 1 aliphatic heterocycles. The molecule has 34 heavy (non-hydrogen) atoms. The minimum Gasteiger partial charge on any atom is -0.465 e. The molecule has 0 fully saturated rings. The summed E-state index contributed by atoms with van der Waals surface area (Å²) in [5, 5.41) is 9.80. The van der Waals surface area contributed by atoms with Crippen LogP contribution in [-0.2, 0) is 23.7 Å². The number of hydrogen-bond donors (Lipinski definition) is 1. The summed E-state index contributed by atoms with van der Waals surface area (Å²) in [6, 6.07) is 4.76. The molecule has 0 unspecified atom stereocenters. The minimum atomic E-state index is -5.02. The lowest BCUT2D eigenvalue weighted by Gasteiger charge is -2.32. The second-order valence-electron chi connectivity index (χ2n) is 7.86. The van der Waals surface area contributed by atoms with E-state index >= 15 is 0 Å². The van der Waals surface area contributed by atoms with E-state index in [2.05, 4.69) is 0 Å². The first-order chi connectivity index (χ1) is 15.7. The SMILES string of the molecule is CC(=O)N(Cc1cc(C(F)(F)F)cc(C(F)(F)F)c1)[C@H]1CCCN(C(=O)O)c2cc(Cl)ccc21. The van der Waals surface area contributed by atoms with Gasteiger partial charge in [-0.1, -0.05) is 17.7 Å². The van der Waals surface area contributed by atoms with Gasteiger partial charge in [0.2, 0.25) is 5.91 Å². The Morgan fingerprint density at radius 3 is 2.15 bits per heavy atom. The molecule has 2 amide bonds. The molecule has 0 spiro atoms. The second kappa shape index (κ2) is 9.36. The topological polar surface area (TPSA) is 60.9 Å². The van der Waals surface area contributed by atoms with E-state index in [0.29, 0.717) is 24.1 Å². The second-order valence-corrected chi connectivity index (χ2v) is 8.29. The van der Waals surface area contributed by atoms with Crippen LogP contribution in [0.3, 0.4) is 0 Å². The average Bonchev–Trinajstić information content (AvgIpc) is 2.89. The molecule has 2 aromatic carbocycles. The molecular formula is C22H19ClF6N2O3. The predicted molar refractivity (Wildman–Crippen MR) is 111 cm³/mol. The molecule has 0 radical (unpaired) electrons. The standard InChI is InChI=1S/C22H19ClF6N2O3/c1-12(32)31(11-13-7-14(21(24,25)26)9-15(8-13)22(27,28)29)18-3-2-6-30(20(33)34)19-10-16(23)4-5-17(18)19/h4-5,7-10,18H,2-3,6,11H2,1H3,(H,33,34)/t18-/m0/s1. The van der Waals surface area contributed by atoms with Crippen LogP contribution in [0.5, 0.6) is 0 Å². The first-order valence-corrected chi connectivity index (χ1v) is 10.4. The van der Waals surface area contributed by atoms with Crippen molar-refractivity contribution in [2.45, 2.75) is 44.7 Å². The fraction of sp³-hybridized carbons (Fsp3) is 0.364. The third-order valence-electron chi connectivity index (χ3n) is 5.51. The number of carboxylic acid groups (broad SMARTS) is 1. The van der Waals surface area contributed by atoms with E-state index in [9.17, 15) is 41.0 Å². The van der Waals surface area contributed by atoms with Crippen LogP contribution >= 0.6 is 11.6 Å². The van der Waals surface area contributed by atoms with Crippen LogP contribution in [0, 0.1) is 0 Å². The van der Waals surface area contributed by atoms with Gasteiger partial charge in [0, 0.05) is 25.0 Å². The highest BCUT2D eigenvalue weighted by molar-refractivity contribution is 6.31. The van der Waals surface area contributed by atoms with Gasteiger partial charge in [0.1, 0.15) is 0 Å². The lowest BCUT2D eigenvalue weighted by Crippen LogP contribution is -2.33. The first kappa shape index (κ1) is 25.7. The molecule has 0 saturated carbocycles. The normalized spacial score (nSPS) is 16.6. The highest BCUT2D eigenvalue weighted by Gasteiger charge is 2.38. The molecule has 3 rings (SSSR count). The molecular weight excluding hydrogens is 490 g/mol. The summed E-state index contributed by atoms with van der Waals surface area (Å²) >= 11 is 6.03. The fourth-order valence-electron chi connectivity index (χ4n) is 4.02. The number of fused-ring (bicyclic) bond motifs is 1. The van der Waals surface area contributed by atoms with Gasteiger partial charge in [0.25, 0.3) is 0 Å². The molecule has 0 aromatic heterocycles. The van der Waals surface area contributed by atoms with Gasteiger partial charge in [-0.3, -0.25) is 9.69 Å². The molecule has 1 N–H and O–H groups in total. The zero-order valence-electron chi connectivity index (χ0n) is 17.7. The van der Waals surface area contributed by atoms with Crippen molar-refractivity contribution in [3.8, 4) is 0 Å². The quantitative estimate of drug-likeness (QED) is 0.467. The highest BCUT2D eigenvalue weighted by atomic mass is 35.5. The maximum absolute atomic E-state index is 13.3. The summed E-state index contributed by atoms with van der Waals surface area (Å²) in [7, 11) is 0. The predicted octanol–water partition coefficient (Wildman–Crippen LogP) is 6.75. The van der Waals surface area contributed by atoms with E-state index in [1.807, 2.05) is 0 Å². The number of nitrogens with zero attached hydrogens (tertiary/aromatic N) is 2. The molecule has 1 atom stereocenters. The molecule has 0 bridgehead atoms. The summed E-state index contributed by atoms with van der Waals surface area (Å²) in [4.78, 5) is 26.5. The maximum Gasteiger partial charge on any atom is 0.416 e. The van der Waals surface area contributed by atoms with Crippen molar-refractivity contribution in [1.82, 2.24) is 4.90 Å². The molecule has 1 aliphatic rings. The van der Waals surface area contributed by atoms with E-state index in [1.54, 1.807) is 0 Å². The van der Waals surface area contributed by atoms with Crippen LogP contribution in [0.25, 0.3) is 0 Å². The average molecular weight is 509 g/mol. The highest BCUT2D eigenvalue weighted by Crippen LogP contribution is 2.40. The Balaban J connectivity index is 2.09. The molecule has 12 heteroatoms. The van der Waals surface area contributed by atoms with Crippen LogP contribution in [0.15, 0.2) is 36.4 Å². The lowest BCUT2D eigenvalue weighted by molar-refractivity contribution is -0.143. The Kier molecular flexibility index (Phi) is 7.07. The number of carbonyl (C=O) groups excluding carboxylic acids is 1. The van der Waals surface area contributed by atoms with Gasteiger partial charge in [-0.05, 0) is 54.3 Å². The van der Waals surface area contributed by atoms with Crippen molar-refractivity contribution in [2.24, 2.45) is 0 Å². The van der Waals surface area contributed by atoms with Gasteiger partial charge < -0.3 is 10.0 Å². The van der Waals surface area contributed by atoms with Gasteiger partial charge in [0.15, 0.2) is 0 Å². The number of halogens is 7. The summed E-state index contributed by atoms with van der Waals surface area (Å²) in [6.45, 7) is 0.683. The molecule has 0 aliphatic carbocycles. The minimum absolute atomic E-state index is 0.0231. The number of rotatable bonds is 3. The van der Waals surface area contributed by atoms with E-state index < -0.39 is 48.1 Å². The van der Waals surface area contributed by atoms with Crippen molar-refractivity contribution in [1.29, 1.82) is 0 Å². The Bertz CT molecular complexity index is 1070.